The third-order valence-corrected chi connectivity index (χ3v) is 6.30. The second kappa shape index (κ2) is 6.84. The SMILES string of the molecule is CCc1n[nH]c2ccc(-c3cnc4ccc(N5C[C@@H](C)N(C)[C@@H](C)C5)nn34)cc12. The van der Waals surface area contributed by atoms with Gasteiger partial charge >= 0.3 is 0 Å². The predicted molar refractivity (Wildman–Crippen MR) is 116 cm³/mol. The molecule has 4 aromatic rings. The van der Waals surface area contributed by atoms with E-state index in [1.54, 1.807) is 0 Å². The van der Waals surface area contributed by atoms with Gasteiger partial charge in [-0.3, -0.25) is 10.00 Å². The highest BCUT2D eigenvalue weighted by Gasteiger charge is 2.27. The van der Waals surface area contributed by atoms with Gasteiger partial charge in [-0.25, -0.2) is 9.50 Å². The summed E-state index contributed by atoms with van der Waals surface area (Å²) in [5, 5.41) is 13.7. The molecule has 150 valence electrons. The lowest BCUT2D eigenvalue weighted by Gasteiger charge is -2.42. The lowest BCUT2D eigenvalue weighted by molar-refractivity contribution is 0.169. The van der Waals surface area contributed by atoms with Crippen molar-refractivity contribution in [3.8, 4) is 11.3 Å². The van der Waals surface area contributed by atoms with Gasteiger partial charge in [0.25, 0.3) is 0 Å². The van der Waals surface area contributed by atoms with Gasteiger partial charge < -0.3 is 4.90 Å². The van der Waals surface area contributed by atoms with Crippen LogP contribution in [0.5, 0.6) is 0 Å². The van der Waals surface area contributed by atoms with E-state index in [0.29, 0.717) is 12.1 Å². The van der Waals surface area contributed by atoms with Crippen LogP contribution in [0.2, 0.25) is 0 Å². The highest BCUT2D eigenvalue weighted by Crippen LogP contribution is 2.27. The molecular weight excluding hydrogens is 362 g/mol. The smallest absolute Gasteiger partial charge is 0.154 e. The van der Waals surface area contributed by atoms with Gasteiger partial charge in [0.1, 0.15) is 5.82 Å². The third kappa shape index (κ3) is 2.97. The Morgan fingerprint density at radius 2 is 1.90 bits per heavy atom. The fourth-order valence-electron chi connectivity index (χ4n) is 4.32. The van der Waals surface area contributed by atoms with Crippen LogP contribution in [-0.4, -0.2) is 61.9 Å². The molecule has 3 aromatic heterocycles. The highest BCUT2D eigenvalue weighted by atomic mass is 15.4. The lowest BCUT2D eigenvalue weighted by Crippen LogP contribution is -2.55. The van der Waals surface area contributed by atoms with Crippen LogP contribution in [0.25, 0.3) is 27.8 Å². The van der Waals surface area contributed by atoms with Crippen molar-refractivity contribution >= 4 is 22.4 Å². The second-order valence-corrected chi connectivity index (χ2v) is 8.16. The molecule has 0 amide bonds. The average molecular weight is 390 g/mol. The Balaban J connectivity index is 1.57. The van der Waals surface area contributed by atoms with Gasteiger partial charge in [0.2, 0.25) is 0 Å². The Morgan fingerprint density at radius 3 is 2.66 bits per heavy atom. The molecule has 29 heavy (non-hydrogen) atoms. The average Bonchev–Trinajstić information content (AvgIpc) is 3.34. The molecule has 1 aliphatic rings. The summed E-state index contributed by atoms with van der Waals surface area (Å²) in [6.07, 6.45) is 2.81. The summed E-state index contributed by atoms with van der Waals surface area (Å²) in [4.78, 5) is 9.40. The zero-order valence-corrected chi connectivity index (χ0v) is 17.4. The molecule has 5 rings (SSSR count). The highest BCUT2D eigenvalue weighted by molar-refractivity contribution is 5.86. The van der Waals surface area contributed by atoms with E-state index in [1.165, 1.54) is 0 Å². The van der Waals surface area contributed by atoms with E-state index < -0.39 is 0 Å². The lowest BCUT2D eigenvalue weighted by atomic mass is 10.1. The van der Waals surface area contributed by atoms with Gasteiger partial charge in [-0.05, 0) is 51.6 Å². The van der Waals surface area contributed by atoms with Crippen molar-refractivity contribution in [1.29, 1.82) is 0 Å². The predicted octanol–water partition coefficient (Wildman–Crippen LogP) is 3.36. The number of fused-ring (bicyclic) bond motifs is 2. The van der Waals surface area contributed by atoms with Crippen LogP contribution in [0.4, 0.5) is 5.82 Å². The number of anilines is 1. The summed E-state index contributed by atoms with van der Waals surface area (Å²) in [5.74, 6) is 1.00. The molecule has 0 bridgehead atoms. The van der Waals surface area contributed by atoms with Crippen LogP contribution in [0.15, 0.2) is 36.5 Å². The molecule has 1 N–H and O–H groups in total. The van der Waals surface area contributed by atoms with Crippen LogP contribution in [0.1, 0.15) is 26.5 Å². The van der Waals surface area contributed by atoms with E-state index in [0.717, 1.165) is 58.8 Å². The number of nitrogens with zero attached hydrogens (tertiary/aromatic N) is 6. The number of hydrogen-bond donors (Lipinski definition) is 1. The zero-order valence-electron chi connectivity index (χ0n) is 17.4. The number of hydrogen-bond acceptors (Lipinski definition) is 5. The maximum atomic E-state index is 4.98. The topological polar surface area (TPSA) is 65.4 Å². The number of benzene rings is 1. The minimum Gasteiger partial charge on any atom is -0.352 e. The van der Waals surface area contributed by atoms with E-state index in [9.17, 15) is 0 Å². The maximum absolute atomic E-state index is 4.98. The molecule has 1 aromatic carbocycles. The van der Waals surface area contributed by atoms with Crippen molar-refractivity contribution in [3.63, 3.8) is 0 Å². The van der Waals surface area contributed by atoms with Crippen molar-refractivity contribution in [1.82, 2.24) is 29.7 Å². The van der Waals surface area contributed by atoms with E-state index in [-0.39, 0.29) is 0 Å². The van der Waals surface area contributed by atoms with Gasteiger partial charge in [-0.1, -0.05) is 13.0 Å². The van der Waals surface area contributed by atoms with Crippen molar-refractivity contribution in [2.45, 2.75) is 39.3 Å². The number of aromatic amines is 1. The van der Waals surface area contributed by atoms with Crippen molar-refractivity contribution in [2.75, 3.05) is 25.0 Å². The van der Waals surface area contributed by atoms with Crippen LogP contribution < -0.4 is 4.90 Å². The maximum Gasteiger partial charge on any atom is 0.154 e. The fourth-order valence-corrected chi connectivity index (χ4v) is 4.32. The Bertz CT molecular complexity index is 1160. The molecule has 4 heterocycles. The molecule has 2 atom stereocenters. The standard InChI is InChI=1S/C22H27N7/c1-5-18-17-10-16(6-7-19(17)25-24-18)20-11-23-21-8-9-22(26-29(20)21)28-12-14(2)27(4)15(3)13-28/h6-11,14-15H,5,12-13H2,1-4H3,(H,24,25)/t14-,15+. The van der Waals surface area contributed by atoms with Crippen LogP contribution in [0.3, 0.4) is 0 Å². The summed E-state index contributed by atoms with van der Waals surface area (Å²) < 4.78 is 1.97. The minimum absolute atomic E-state index is 0.495. The molecule has 0 spiro atoms. The second-order valence-electron chi connectivity index (χ2n) is 8.16. The van der Waals surface area contributed by atoms with E-state index in [4.69, 9.17) is 5.10 Å². The molecule has 1 aliphatic heterocycles. The van der Waals surface area contributed by atoms with Gasteiger partial charge in [0, 0.05) is 36.1 Å². The summed E-state index contributed by atoms with van der Waals surface area (Å²) in [6, 6.07) is 11.5. The number of aromatic nitrogens is 5. The quantitative estimate of drug-likeness (QED) is 0.582. The van der Waals surface area contributed by atoms with Crippen LogP contribution >= 0.6 is 0 Å². The molecule has 1 saturated heterocycles. The Morgan fingerprint density at radius 1 is 1.10 bits per heavy atom. The first kappa shape index (κ1) is 18.1. The summed E-state index contributed by atoms with van der Waals surface area (Å²) in [6.45, 7) is 8.63. The van der Waals surface area contributed by atoms with Crippen molar-refractivity contribution in [3.05, 3.63) is 42.2 Å². The molecule has 7 heteroatoms. The van der Waals surface area contributed by atoms with E-state index >= 15 is 0 Å². The van der Waals surface area contributed by atoms with Gasteiger partial charge in [-0.15, -0.1) is 5.10 Å². The van der Waals surface area contributed by atoms with Crippen LogP contribution in [0, 0.1) is 0 Å². The minimum atomic E-state index is 0.495. The molecule has 0 aliphatic carbocycles. The number of likely N-dealkylation sites (N-methyl/N-ethyl adjacent to an activating group) is 1. The molecule has 7 nitrogen and oxygen atoms in total. The van der Waals surface area contributed by atoms with Crippen molar-refractivity contribution in [2.24, 2.45) is 0 Å². The Labute approximate surface area is 170 Å². The zero-order chi connectivity index (χ0) is 20.1. The Hall–Kier alpha value is -2.93. The number of aryl methyl sites for hydroxylation is 1. The van der Waals surface area contributed by atoms with Gasteiger partial charge in [0.15, 0.2) is 5.65 Å². The molecule has 1 fully saturated rings. The van der Waals surface area contributed by atoms with Gasteiger partial charge in [-0.2, -0.15) is 5.10 Å². The largest absolute Gasteiger partial charge is 0.352 e. The van der Waals surface area contributed by atoms with E-state index in [2.05, 4.69) is 83.1 Å². The molecule has 0 unspecified atom stereocenters. The normalized spacial score (nSPS) is 20.8. The molecule has 0 saturated carbocycles. The number of imidazole rings is 1. The molecular formula is C22H27N7. The first-order chi connectivity index (χ1) is 14.0. The number of rotatable bonds is 3. The van der Waals surface area contributed by atoms with Crippen LogP contribution in [-0.2, 0) is 6.42 Å². The molecule has 0 radical (unpaired) electrons. The fraction of sp³-hybridized carbons (Fsp3) is 0.409. The number of nitrogens with one attached hydrogen (secondary N) is 1. The first-order valence-corrected chi connectivity index (χ1v) is 10.3. The number of H-pyrrole nitrogens is 1. The first-order valence-electron chi connectivity index (χ1n) is 10.3. The summed E-state index contributed by atoms with van der Waals surface area (Å²) in [7, 11) is 2.20. The third-order valence-electron chi connectivity index (χ3n) is 6.30. The summed E-state index contributed by atoms with van der Waals surface area (Å²) in [5.41, 5.74) is 5.12. The Kier molecular flexibility index (Phi) is 4.28. The monoisotopic (exact) mass is 389 g/mol. The number of piperazine rings is 1. The van der Waals surface area contributed by atoms with E-state index in [1.807, 2.05) is 10.7 Å². The summed E-state index contributed by atoms with van der Waals surface area (Å²) >= 11 is 0. The van der Waals surface area contributed by atoms with Gasteiger partial charge in [0.05, 0.1) is 23.1 Å². The van der Waals surface area contributed by atoms with Crippen molar-refractivity contribution < 1.29 is 0 Å².